The third kappa shape index (κ3) is 5.27. The summed E-state index contributed by atoms with van der Waals surface area (Å²) in [5, 5.41) is 0.785. The monoisotopic (exact) mass is 417 g/mol. The molecule has 0 spiro atoms. The van der Waals surface area contributed by atoms with E-state index >= 15 is 0 Å². The van der Waals surface area contributed by atoms with Crippen molar-refractivity contribution in [2.45, 2.75) is 50.8 Å². The first-order valence-corrected chi connectivity index (χ1v) is 10.9. The van der Waals surface area contributed by atoms with Crippen molar-refractivity contribution in [3.63, 3.8) is 0 Å². The van der Waals surface area contributed by atoms with Crippen LogP contribution in [0.4, 0.5) is 10.2 Å². The van der Waals surface area contributed by atoms with E-state index in [-0.39, 0.29) is 11.9 Å². The van der Waals surface area contributed by atoms with E-state index in [9.17, 15) is 4.39 Å². The topological polar surface area (TPSA) is 28.6 Å². The highest BCUT2D eigenvalue weighted by atomic mass is 35.5. The van der Waals surface area contributed by atoms with Gasteiger partial charge in [0, 0.05) is 36.7 Å². The maximum atomic E-state index is 13.1. The number of aromatic nitrogens is 1. The molecule has 2 atom stereocenters. The number of anilines is 1. The zero-order chi connectivity index (χ0) is 20.2. The van der Waals surface area contributed by atoms with Gasteiger partial charge in [-0.3, -0.25) is 4.90 Å². The average Bonchev–Trinajstić information content (AvgIpc) is 2.75. The lowest BCUT2D eigenvalue weighted by molar-refractivity contribution is -0.0767. The molecule has 0 N–H and O–H groups in total. The van der Waals surface area contributed by atoms with Crippen molar-refractivity contribution < 1.29 is 9.13 Å². The van der Waals surface area contributed by atoms with Crippen LogP contribution in [0.5, 0.6) is 0 Å². The van der Waals surface area contributed by atoms with E-state index in [4.69, 9.17) is 16.3 Å². The number of ether oxygens (including phenoxy) is 1. The molecule has 2 aliphatic heterocycles. The molecular weight excluding hydrogens is 389 g/mol. The number of hydrogen-bond acceptors (Lipinski definition) is 4. The van der Waals surface area contributed by atoms with Crippen molar-refractivity contribution in [1.82, 2.24) is 9.88 Å². The number of aryl methyl sites for hydroxylation is 1. The maximum Gasteiger partial charge on any atom is 0.141 e. The van der Waals surface area contributed by atoms with Crippen LogP contribution >= 0.6 is 11.6 Å². The van der Waals surface area contributed by atoms with Gasteiger partial charge in [0.15, 0.2) is 0 Å². The number of halogens is 2. The molecule has 156 valence electrons. The Labute approximate surface area is 177 Å². The lowest BCUT2D eigenvalue weighted by atomic mass is 9.96. The van der Waals surface area contributed by atoms with E-state index in [1.54, 1.807) is 6.07 Å². The third-order valence-corrected chi connectivity index (χ3v) is 6.41. The summed E-state index contributed by atoms with van der Waals surface area (Å²) in [6, 6.07) is 12.4. The molecule has 6 heteroatoms. The summed E-state index contributed by atoms with van der Waals surface area (Å²) in [6.45, 7) is 5.87. The largest absolute Gasteiger partial charge is 0.376 e. The SMILES string of the molecule is C[C@H]1CN(C2CCN(c3ccc(F)cn3)CC2)[C@@H](CCc2ccc(Cl)cc2)CO1. The highest BCUT2D eigenvalue weighted by molar-refractivity contribution is 6.30. The summed E-state index contributed by atoms with van der Waals surface area (Å²) < 4.78 is 19.1. The molecule has 0 unspecified atom stereocenters. The summed E-state index contributed by atoms with van der Waals surface area (Å²) in [6.07, 6.45) is 5.91. The number of benzene rings is 1. The number of nitrogens with zero attached hydrogens (tertiary/aromatic N) is 3. The molecule has 2 fully saturated rings. The molecule has 4 nitrogen and oxygen atoms in total. The fourth-order valence-corrected chi connectivity index (χ4v) is 4.66. The van der Waals surface area contributed by atoms with E-state index in [1.807, 2.05) is 12.1 Å². The van der Waals surface area contributed by atoms with Gasteiger partial charge in [0.05, 0.1) is 18.9 Å². The van der Waals surface area contributed by atoms with Gasteiger partial charge in [0.25, 0.3) is 0 Å². The minimum Gasteiger partial charge on any atom is -0.376 e. The van der Waals surface area contributed by atoms with Gasteiger partial charge in [0.1, 0.15) is 11.6 Å². The zero-order valence-corrected chi connectivity index (χ0v) is 17.7. The van der Waals surface area contributed by atoms with Crippen molar-refractivity contribution in [2.24, 2.45) is 0 Å². The van der Waals surface area contributed by atoms with Crippen molar-refractivity contribution >= 4 is 17.4 Å². The highest BCUT2D eigenvalue weighted by Gasteiger charge is 2.34. The molecule has 1 aromatic heterocycles. The summed E-state index contributed by atoms with van der Waals surface area (Å²) in [7, 11) is 0. The summed E-state index contributed by atoms with van der Waals surface area (Å²) in [5.74, 6) is 0.592. The number of pyridine rings is 1. The van der Waals surface area contributed by atoms with E-state index in [0.29, 0.717) is 12.1 Å². The van der Waals surface area contributed by atoms with Gasteiger partial charge in [-0.05, 0) is 62.4 Å². The fraction of sp³-hybridized carbons (Fsp3) is 0.522. The normalized spacial score (nSPS) is 24.0. The van der Waals surface area contributed by atoms with Crippen LogP contribution in [0.15, 0.2) is 42.6 Å². The summed E-state index contributed by atoms with van der Waals surface area (Å²) >= 11 is 6.01. The van der Waals surface area contributed by atoms with Crippen LogP contribution in [0, 0.1) is 5.82 Å². The predicted molar refractivity (Wildman–Crippen MR) is 115 cm³/mol. The molecule has 3 heterocycles. The number of piperidine rings is 1. The molecule has 0 amide bonds. The second-order valence-electron chi connectivity index (χ2n) is 8.21. The minimum absolute atomic E-state index is 0.276. The first kappa shape index (κ1) is 20.6. The highest BCUT2D eigenvalue weighted by Crippen LogP contribution is 2.27. The standard InChI is InChI=1S/C23H29ClFN3O/c1-17-15-28(22(16-29-17)8-4-18-2-5-19(24)6-3-18)21-10-12-27(13-11-21)23-9-7-20(25)14-26-23/h2-3,5-7,9,14,17,21-22H,4,8,10-13,15-16H2,1H3/t17-,22-/m0/s1. The molecular formula is C23H29ClFN3O. The van der Waals surface area contributed by atoms with Crippen LogP contribution in [0.1, 0.15) is 31.7 Å². The van der Waals surface area contributed by atoms with Crippen LogP contribution in [0.25, 0.3) is 0 Å². The Kier molecular flexibility index (Phi) is 6.68. The lowest BCUT2D eigenvalue weighted by Gasteiger charge is -2.46. The van der Waals surface area contributed by atoms with E-state index < -0.39 is 0 Å². The van der Waals surface area contributed by atoms with E-state index in [2.05, 4.69) is 33.8 Å². The Bertz CT molecular complexity index is 778. The Hall–Kier alpha value is -1.69. The van der Waals surface area contributed by atoms with Crippen molar-refractivity contribution in [2.75, 3.05) is 31.1 Å². The van der Waals surface area contributed by atoms with E-state index in [0.717, 1.165) is 62.8 Å². The Morgan fingerprint density at radius 3 is 2.59 bits per heavy atom. The van der Waals surface area contributed by atoms with Gasteiger partial charge in [0.2, 0.25) is 0 Å². The van der Waals surface area contributed by atoms with Gasteiger partial charge in [-0.1, -0.05) is 23.7 Å². The zero-order valence-electron chi connectivity index (χ0n) is 16.9. The minimum atomic E-state index is -0.283. The van der Waals surface area contributed by atoms with Crippen LogP contribution in [0.2, 0.25) is 5.02 Å². The molecule has 4 rings (SSSR count). The predicted octanol–water partition coefficient (Wildman–Crippen LogP) is 4.57. The van der Waals surface area contributed by atoms with Gasteiger partial charge >= 0.3 is 0 Å². The van der Waals surface area contributed by atoms with Gasteiger partial charge in [-0.2, -0.15) is 0 Å². The summed E-state index contributed by atoms with van der Waals surface area (Å²) in [4.78, 5) is 9.19. The maximum absolute atomic E-state index is 13.1. The van der Waals surface area contributed by atoms with Gasteiger partial charge in [-0.15, -0.1) is 0 Å². The fourth-order valence-electron chi connectivity index (χ4n) is 4.53. The van der Waals surface area contributed by atoms with Gasteiger partial charge < -0.3 is 9.64 Å². The van der Waals surface area contributed by atoms with Crippen LogP contribution < -0.4 is 4.90 Å². The van der Waals surface area contributed by atoms with Crippen LogP contribution in [0.3, 0.4) is 0 Å². The Morgan fingerprint density at radius 1 is 1.14 bits per heavy atom. The molecule has 1 aromatic carbocycles. The summed E-state index contributed by atoms with van der Waals surface area (Å²) in [5.41, 5.74) is 1.32. The first-order valence-electron chi connectivity index (χ1n) is 10.6. The van der Waals surface area contributed by atoms with Crippen molar-refractivity contribution in [3.8, 4) is 0 Å². The second-order valence-corrected chi connectivity index (χ2v) is 8.65. The molecule has 0 saturated carbocycles. The van der Waals surface area contributed by atoms with Crippen LogP contribution in [-0.4, -0.2) is 54.3 Å². The van der Waals surface area contributed by atoms with E-state index in [1.165, 1.54) is 17.8 Å². The molecule has 2 aliphatic rings. The molecule has 0 bridgehead atoms. The Morgan fingerprint density at radius 2 is 1.90 bits per heavy atom. The molecule has 0 aliphatic carbocycles. The third-order valence-electron chi connectivity index (χ3n) is 6.16. The van der Waals surface area contributed by atoms with Crippen molar-refractivity contribution in [1.29, 1.82) is 0 Å². The number of morpholine rings is 1. The number of rotatable bonds is 5. The first-order chi connectivity index (χ1) is 14.1. The van der Waals surface area contributed by atoms with Crippen LogP contribution in [-0.2, 0) is 11.2 Å². The second kappa shape index (κ2) is 9.41. The Balaban J connectivity index is 1.35. The lowest BCUT2D eigenvalue weighted by Crippen LogP contribution is -2.56. The average molecular weight is 418 g/mol. The molecule has 0 radical (unpaired) electrons. The quantitative estimate of drug-likeness (QED) is 0.712. The number of hydrogen-bond donors (Lipinski definition) is 0. The van der Waals surface area contributed by atoms with Gasteiger partial charge in [-0.25, -0.2) is 9.37 Å². The molecule has 29 heavy (non-hydrogen) atoms. The smallest absolute Gasteiger partial charge is 0.141 e. The van der Waals surface area contributed by atoms with Crippen molar-refractivity contribution in [3.05, 3.63) is 59.0 Å². The molecule has 2 saturated heterocycles. The molecule has 2 aromatic rings.